The van der Waals surface area contributed by atoms with Crippen LogP contribution in [-0.4, -0.2) is 24.1 Å². The van der Waals surface area contributed by atoms with Gasteiger partial charge in [-0.3, -0.25) is 0 Å². The van der Waals surface area contributed by atoms with Gasteiger partial charge < -0.3 is 9.67 Å². The first-order chi connectivity index (χ1) is 7.95. The van der Waals surface area contributed by atoms with Crippen LogP contribution in [0.5, 0.6) is 0 Å². The predicted octanol–water partition coefficient (Wildman–Crippen LogP) is 0.281. The molecule has 1 aromatic heterocycles. The molecule has 0 spiro atoms. The number of carbonyl (C=O) groups is 1. The van der Waals surface area contributed by atoms with Gasteiger partial charge in [0.1, 0.15) is 10.6 Å². The summed E-state index contributed by atoms with van der Waals surface area (Å²) in [7, 11) is -3.95. The lowest BCUT2D eigenvalue weighted by molar-refractivity contribution is 0.0685. The first kappa shape index (κ1) is 11.5. The third-order valence-corrected chi connectivity index (χ3v) is 3.68. The van der Waals surface area contributed by atoms with E-state index in [0.717, 1.165) is 18.9 Å². The lowest BCUT2D eigenvalue weighted by atomic mass is 10.4. The van der Waals surface area contributed by atoms with Crippen molar-refractivity contribution in [2.75, 3.05) is 0 Å². The van der Waals surface area contributed by atoms with Crippen molar-refractivity contribution in [1.82, 2.24) is 9.29 Å². The zero-order valence-corrected chi connectivity index (χ0v) is 9.44. The van der Waals surface area contributed by atoms with E-state index in [2.05, 4.69) is 0 Å². The number of sulfonamides is 1. The van der Waals surface area contributed by atoms with E-state index in [-0.39, 0.29) is 16.6 Å². The molecule has 0 unspecified atom stereocenters. The van der Waals surface area contributed by atoms with E-state index < -0.39 is 16.0 Å². The second kappa shape index (κ2) is 3.78. The summed E-state index contributed by atoms with van der Waals surface area (Å²) in [6.07, 6.45) is 4.23. The van der Waals surface area contributed by atoms with Gasteiger partial charge in [-0.25, -0.2) is 17.9 Å². The third kappa shape index (κ3) is 2.09. The van der Waals surface area contributed by atoms with E-state index in [4.69, 9.17) is 10.4 Å². The van der Waals surface area contributed by atoms with E-state index >= 15 is 0 Å². The SMILES string of the molecule is N#CNS(=O)(=O)c1cc(C(=O)O)n(C2CC2)c1. The number of hydrogen-bond acceptors (Lipinski definition) is 4. The number of aromatic nitrogens is 1. The molecule has 0 atom stereocenters. The van der Waals surface area contributed by atoms with Crippen molar-refractivity contribution in [3.8, 4) is 6.19 Å². The summed E-state index contributed by atoms with van der Waals surface area (Å²) in [5.74, 6) is -1.18. The summed E-state index contributed by atoms with van der Waals surface area (Å²) in [6.45, 7) is 0. The Morgan fingerprint density at radius 1 is 1.59 bits per heavy atom. The molecule has 1 saturated carbocycles. The number of nitriles is 1. The smallest absolute Gasteiger partial charge is 0.352 e. The third-order valence-electron chi connectivity index (χ3n) is 2.47. The van der Waals surface area contributed by atoms with Gasteiger partial charge in [-0.05, 0) is 18.9 Å². The maximum atomic E-state index is 11.5. The molecule has 1 aliphatic carbocycles. The zero-order valence-electron chi connectivity index (χ0n) is 8.62. The molecular formula is C9H9N3O4S. The molecular weight excluding hydrogens is 246 g/mol. The van der Waals surface area contributed by atoms with Crippen LogP contribution in [-0.2, 0) is 10.0 Å². The van der Waals surface area contributed by atoms with Crippen molar-refractivity contribution in [2.24, 2.45) is 0 Å². The Hall–Kier alpha value is -2.01. The Balaban J connectivity index is 2.48. The van der Waals surface area contributed by atoms with Gasteiger partial charge in [-0.1, -0.05) is 0 Å². The summed E-state index contributed by atoms with van der Waals surface area (Å²) < 4.78 is 26.1. The van der Waals surface area contributed by atoms with Crippen molar-refractivity contribution in [3.63, 3.8) is 0 Å². The summed E-state index contributed by atoms with van der Waals surface area (Å²) >= 11 is 0. The van der Waals surface area contributed by atoms with Crippen LogP contribution in [0, 0.1) is 11.5 Å². The van der Waals surface area contributed by atoms with Crippen LogP contribution in [0.1, 0.15) is 29.4 Å². The van der Waals surface area contributed by atoms with Crippen LogP contribution in [0.25, 0.3) is 0 Å². The maximum absolute atomic E-state index is 11.5. The van der Waals surface area contributed by atoms with Gasteiger partial charge in [0.15, 0.2) is 6.19 Å². The van der Waals surface area contributed by atoms with Crippen LogP contribution in [0.3, 0.4) is 0 Å². The van der Waals surface area contributed by atoms with Crippen LogP contribution in [0.15, 0.2) is 17.2 Å². The molecule has 1 aromatic rings. The van der Waals surface area contributed by atoms with Gasteiger partial charge >= 0.3 is 5.97 Å². The lowest BCUT2D eigenvalue weighted by Gasteiger charge is -2.01. The summed E-state index contributed by atoms with van der Waals surface area (Å²) in [4.78, 5) is 10.7. The second-order valence-corrected chi connectivity index (χ2v) is 5.40. The number of rotatable bonds is 4. The van der Waals surface area contributed by atoms with Crippen LogP contribution < -0.4 is 4.72 Å². The minimum atomic E-state index is -3.95. The Kier molecular flexibility index (Phi) is 2.55. The monoisotopic (exact) mass is 255 g/mol. The summed E-state index contributed by atoms with van der Waals surface area (Å²) in [5, 5.41) is 17.3. The predicted molar refractivity (Wildman–Crippen MR) is 55.6 cm³/mol. The highest BCUT2D eigenvalue weighted by Crippen LogP contribution is 2.37. The molecule has 8 heteroatoms. The minimum absolute atomic E-state index is 0.0483. The Bertz CT molecular complexity index is 607. The van der Waals surface area contributed by atoms with Gasteiger partial charge in [0.2, 0.25) is 0 Å². The molecule has 1 aliphatic rings. The molecule has 0 bridgehead atoms. The fourth-order valence-corrected chi connectivity index (χ4v) is 2.30. The second-order valence-electron chi connectivity index (χ2n) is 3.72. The Morgan fingerprint density at radius 2 is 2.24 bits per heavy atom. The fraction of sp³-hybridized carbons (Fsp3) is 0.333. The molecule has 2 rings (SSSR count). The highest BCUT2D eigenvalue weighted by Gasteiger charge is 2.30. The number of aromatic carboxylic acids is 1. The standard InChI is InChI=1S/C9H9N3O4S/c10-5-11-17(15,16)7-3-8(9(13)14)12(4-7)6-1-2-6/h3-4,6,11H,1-2H2,(H,13,14). The topological polar surface area (TPSA) is 112 Å². The Morgan fingerprint density at radius 3 is 2.71 bits per heavy atom. The molecule has 7 nitrogen and oxygen atoms in total. The molecule has 0 aromatic carbocycles. The van der Waals surface area contributed by atoms with Crippen molar-refractivity contribution < 1.29 is 18.3 Å². The first-order valence-corrected chi connectivity index (χ1v) is 6.30. The van der Waals surface area contributed by atoms with E-state index in [0.29, 0.717) is 0 Å². The van der Waals surface area contributed by atoms with Crippen LogP contribution in [0.4, 0.5) is 0 Å². The fourth-order valence-electron chi connectivity index (χ4n) is 1.55. The van der Waals surface area contributed by atoms with Crippen molar-refractivity contribution in [2.45, 2.75) is 23.8 Å². The average molecular weight is 255 g/mol. The van der Waals surface area contributed by atoms with Gasteiger partial charge in [0, 0.05) is 12.2 Å². The lowest BCUT2D eigenvalue weighted by Crippen LogP contribution is -2.17. The molecule has 1 fully saturated rings. The van der Waals surface area contributed by atoms with Crippen molar-refractivity contribution >= 4 is 16.0 Å². The van der Waals surface area contributed by atoms with Crippen LogP contribution >= 0.6 is 0 Å². The van der Waals surface area contributed by atoms with Crippen molar-refractivity contribution in [3.05, 3.63) is 18.0 Å². The largest absolute Gasteiger partial charge is 0.477 e. The van der Waals surface area contributed by atoms with Crippen LogP contribution in [0.2, 0.25) is 0 Å². The molecule has 2 N–H and O–H groups in total. The highest BCUT2D eigenvalue weighted by atomic mass is 32.2. The van der Waals surface area contributed by atoms with Crippen molar-refractivity contribution in [1.29, 1.82) is 5.26 Å². The highest BCUT2D eigenvalue weighted by molar-refractivity contribution is 7.89. The molecule has 1 heterocycles. The summed E-state index contributed by atoms with van der Waals surface area (Å²) in [6, 6.07) is 1.10. The molecule has 0 aliphatic heterocycles. The normalized spacial score (nSPS) is 15.2. The molecule has 0 radical (unpaired) electrons. The van der Waals surface area contributed by atoms with E-state index in [1.54, 1.807) is 4.72 Å². The first-order valence-electron chi connectivity index (χ1n) is 4.82. The quantitative estimate of drug-likeness (QED) is 0.592. The van der Waals surface area contributed by atoms with Gasteiger partial charge in [0.05, 0.1) is 0 Å². The molecule has 17 heavy (non-hydrogen) atoms. The zero-order chi connectivity index (χ0) is 12.6. The number of hydrogen-bond donors (Lipinski definition) is 2. The van der Waals surface area contributed by atoms with Gasteiger partial charge in [-0.2, -0.15) is 5.26 Å². The molecule has 0 saturated heterocycles. The molecule has 0 amide bonds. The molecule has 90 valence electrons. The van der Waals surface area contributed by atoms with Gasteiger partial charge in [-0.15, -0.1) is 0 Å². The number of nitrogens with one attached hydrogen (secondary N) is 1. The number of nitrogens with zero attached hydrogens (tertiary/aromatic N) is 2. The number of carboxylic acids is 1. The maximum Gasteiger partial charge on any atom is 0.352 e. The van der Waals surface area contributed by atoms with Gasteiger partial charge in [0.25, 0.3) is 10.0 Å². The summed E-state index contributed by atoms with van der Waals surface area (Å²) in [5.41, 5.74) is -0.0779. The minimum Gasteiger partial charge on any atom is -0.477 e. The van der Waals surface area contributed by atoms with E-state index in [1.807, 2.05) is 0 Å². The van der Waals surface area contributed by atoms with E-state index in [9.17, 15) is 13.2 Å². The average Bonchev–Trinajstić information content (AvgIpc) is 2.96. The van der Waals surface area contributed by atoms with E-state index in [1.165, 1.54) is 17.0 Å². The number of carboxylic acid groups (broad SMARTS) is 1. The Labute approximate surface area is 97.3 Å².